The van der Waals surface area contributed by atoms with Gasteiger partial charge < -0.3 is 0 Å². The zero-order valence-corrected chi connectivity index (χ0v) is 12.8. The first-order valence-electron chi connectivity index (χ1n) is 6.58. The van der Waals surface area contributed by atoms with E-state index in [0.29, 0.717) is 16.8 Å². The van der Waals surface area contributed by atoms with E-state index in [1.807, 2.05) is 0 Å². The van der Waals surface area contributed by atoms with Gasteiger partial charge in [-0.05, 0) is 31.2 Å². The smallest absolute Gasteiger partial charge is 0.273 e. The molecular weight excluding hydrogens is 320 g/mol. The van der Waals surface area contributed by atoms with Gasteiger partial charge in [-0.1, -0.05) is 6.07 Å². The molecular formula is C14H12N4O4S. The number of nitrogens with one attached hydrogen (secondary N) is 2. The summed E-state index contributed by atoms with van der Waals surface area (Å²) < 4.78 is 27.2. The van der Waals surface area contributed by atoms with Crippen molar-refractivity contribution in [2.24, 2.45) is 0 Å². The Morgan fingerprint density at radius 3 is 2.74 bits per heavy atom. The maximum Gasteiger partial charge on any atom is 0.273 e. The second kappa shape index (κ2) is 5.36. The number of fused-ring (bicyclic) bond motifs is 1. The summed E-state index contributed by atoms with van der Waals surface area (Å²) in [5.74, 6) is 0. The van der Waals surface area contributed by atoms with Crippen molar-refractivity contribution in [2.45, 2.75) is 11.8 Å². The first kappa shape index (κ1) is 15.0. The normalized spacial score (nSPS) is 11.5. The number of aromatic nitrogens is 2. The molecule has 8 nitrogen and oxygen atoms in total. The number of nitrogens with zero attached hydrogens (tertiary/aromatic N) is 2. The van der Waals surface area contributed by atoms with Gasteiger partial charge in [0.15, 0.2) is 0 Å². The van der Waals surface area contributed by atoms with E-state index >= 15 is 0 Å². The lowest BCUT2D eigenvalue weighted by Crippen LogP contribution is -2.13. The molecule has 0 saturated heterocycles. The van der Waals surface area contributed by atoms with Crippen LogP contribution in [-0.2, 0) is 10.0 Å². The molecule has 0 radical (unpaired) electrons. The van der Waals surface area contributed by atoms with Crippen LogP contribution >= 0.6 is 0 Å². The van der Waals surface area contributed by atoms with Gasteiger partial charge in [-0.2, -0.15) is 5.10 Å². The van der Waals surface area contributed by atoms with Crippen LogP contribution in [0.1, 0.15) is 5.56 Å². The lowest BCUT2D eigenvalue weighted by atomic mass is 10.2. The number of sulfonamides is 1. The Hall–Kier alpha value is -2.94. The first-order chi connectivity index (χ1) is 10.9. The van der Waals surface area contributed by atoms with E-state index in [-0.39, 0.29) is 10.6 Å². The standard InChI is InChI=1S/C14H12N4O4S/c1-9-2-5-12(7-14(9)18(19)20)23(21,22)17-11-4-3-10-8-15-16-13(10)6-11/h2-8,17H,1H3,(H,15,16). The van der Waals surface area contributed by atoms with Gasteiger partial charge in [-0.15, -0.1) is 0 Å². The van der Waals surface area contributed by atoms with Crippen molar-refractivity contribution in [1.29, 1.82) is 0 Å². The summed E-state index contributed by atoms with van der Waals surface area (Å²) in [4.78, 5) is 10.2. The maximum atomic E-state index is 12.4. The van der Waals surface area contributed by atoms with Crippen molar-refractivity contribution >= 4 is 32.3 Å². The zero-order chi connectivity index (χ0) is 16.6. The second-order valence-electron chi connectivity index (χ2n) is 4.98. The number of nitro groups is 1. The maximum absolute atomic E-state index is 12.4. The lowest BCUT2D eigenvalue weighted by molar-refractivity contribution is -0.385. The Morgan fingerprint density at radius 1 is 1.22 bits per heavy atom. The molecule has 1 heterocycles. The zero-order valence-electron chi connectivity index (χ0n) is 12.0. The Kier molecular flexibility index (Phi) is 3.49. The molecule has 23 heavy (non-hydrogen) atoms. The summed E-state index contributed by atoms with van der Waals surface area (Å²) in [7, 11) is -3.93. The number of rotatable bonds is 4. The Labute approximate surface area is 131 Å². The van der Waals surface area contributed by atoms with Crippen molar-refractivity contribution in [1.82, 2.24) is 10.2 Å². The molecule has 0 aliphatic carbocycles. The number of aryl methyl sites for hydroxylation is 1. The molecule has 0 bridgehead atoms. The van der Waals surface area contributed by atoms with Gasteiger partial charge >= 0.3 is 0 Å². The summed E-state index contributed by atoms with van der Waals surface area (Å²) >= 11 is 0. The topological polar surface area (TPSA) is 118 Å². The molecule has 0 aliphatic heterocycles. The monoisotopic (exact) mass is 332 g/mol. The molecule has 0 atom stereocenters. The van der Waals surface area contributed by atoms with Crippen LogP contribution in [0.25, 0.3) is 10.9 Å². The van der Waals surface area contributed by atoms with Crippen molar-refractivity contribution in [3.05, 3.63) is 58.3 Å². The van der Waals surface area contributed by atoms with Gasteiger partial charge in [-0.3, -0.25) is 19.9 Å². The number of anilines is 1. The number of H-pyrrole nitrogens is 1. The molecule has 0 fully saturated rings. The molecule has 3 aromatic rings. The van der Waals surface area contributed by atoms with Crippen molar-refractivity contribution in [2.75, 3.05) is 4.72 Å². The predicted molar refractivity (Wildman–Crippen MR) is 84.7 cm³/mol. The Morgan fingerprint density at radius 2 is 2.00 bits per heavy atom. The van der Waals surface area contributed by atoms with Gasteiger partial charge in [0.25, 0.3) is 15.7 Å². The number of hydrogen-bond acceptors (Lipinski definition) is 5. The van der Waals surface area contributed by atoms with E-state index in [1.165, 1.54) is 12.1 Å². The van der Waals surface area contributed by atoms with E-state index in [9.17, 15) is 18.5 Å². The number of benzene rings is 2. The average molecular weight is 332 g/mol. The highest BCUT2D eigenvalue weighted by atomic mass is 32.2. The molecule has 1 aromatic heterocycles. The number of aromatic amines is 1. The van der Waals surface area contributed by atoms with E-state index in [4.69, 9.17) is 0 Å². The fourth-order valence-corrected chi connectivity index (χ4v) is 3.24. The van der Waals surface area contributed by atoms with Gasteiger partial charge in [0.1, 0.15) is 0 Å². The van der Waals surface area contributed by atoms with E-state index in [0.717, 1.165) is 11.5 Å². The average Bonchev–Trinajstić information content (AvgIpc) is 2.94. The Bertz CT molecular complexity index is 1010. The largest absolute Gasteiger partial charge is 0.280 e. The van der Waals surface area contributed by atoms with Gasteiger partial charge in [0.05, 0.1) is 27.2 Å². The minimum atomic E-state index is -3.93. The van der Waals surface area contributed by atoms with Crippen LogP contribution in [0.15, 0.2) is 47.5 Å². The molecule has 0 saturated carbocycles. The summed E-state index contributed by atoms with van der Waals surface area (Å²) in [6.07, 6.45) is 1.62. The summed E-state index contributed by atoms with van der Waals surface area (Å²) in [6.45, 7) is 1.55. The van der Waals surface area contributed by atoms with Gasteiger partial charge in [0.2, 0.25) is 0 Å². The fourth-order valence-electron chi connectivity index (χ4n) is 2.17. The second-order valence-corrected chi connectivity index (χ2v) is 6.67. The van der Waals surface area contributed by atoms with Crippen molar-refractivity contribution in [3.63, 3.8) is 0 Å². The molecule has 0 unspecified atom stereocenters. The van der Waals surface area contributed by atoms with Crippen LogP contribution in [-0.4, -0.2) is 23.5 Å². The van der Waals surface area contributed by atoms with E-state index < -0.39 is 14.9 Å². The Balaban J connectivity index is 1.98. The molecule has 2 aromatic carbocycles. The molecule has 0 amide bonds. The number of hydrogen-bond donors (Lipinski definition) is 2. The quantitative estimate of drug-likeness (QED) is 0.562. The van der Waals surface area contributed by atoms with Crippen LogP contribution < -0.4 is 4.72 Å². The van der Waals surface area contributed by atoms with Crippen LogP contribution in [0.5, 0.6) is 0 Å². The van der Waals surface area contributed by atoms with Crippen LogP contribution in [0.4, 0.5) is 11.4 Å². The summed E-state index contributed by atoms with van der Waals surface area (Å²) in [6, 6.07) is 8.70. The van der Waals surface area contributed by atoms with E-state index in [2.05, 4.69) is 14.9 Å². The molecule has 0 spiro atoms. The summed E-state index contributed by atoms with van der Waals surface area (Å²) in [5.41, 5.74) is 1.18. The third-order valence-corrected chi connectivity index (χ3v) is 4.76. The molecule has 2 N–H and O–H groups in total. The van der Waals surface area contributed by atoms with Gasteiger partial charge in [0, 0.05) is 17.0 Å². The van der Waals surface area contributed by atoms with Crippen LogP contribution in [0.2, 0.25) is 0 Å². The van der Waals surface area contributed by atoms with Crippen molar-refractivity contribution < 1.29 is 13.3 Å². The summed E-state index contributed by atoms with van der Waals surface area (Å²) in [5, 5.41) is 18.4. The molecule has 3 rings (SSSR count). The van der Waals surface area contributed by atoms with E-state index in [1.54, 1.807) is 31.3 Å². The highest BCUT2D eigenvalue weighted by molar-refractivity contribution is 7.92. The lowest BCUT2D eigenvalue weighted by Gasteiger charge is -2.08. The van der Waals surface area contributed by atoms with Crippen molar-refractivity contribution in [3.8, 4) is 0 Å². The van der Waals surface area contributed by atoms with Crippen LogP contribution in [0, 0.1) is 17.0 Å². The predicted octanol–water partition coefficient (Wildman–Crippen LogP) is 2.58. The third-order valence-electron chi connectivity index (χ3n) is 3.38. The SMILES string of the molecule is Cc1ccc(S(=O)(=O)Nc2ccc3cn[nH]c3c2)cc1[N+](=O)[O-]. The van der Waals surface area contributed by atoms with Crippen LogP contribution in [0.3, 0.4) is 0 Å². The molecule has 9 heteroatoms. The highest BCUT2D eigenvalue weighted by Gasteiger charge is 2.20. The first-order valence-corrected chi connectivity index (χ1v) is 8.06. The molecule has 118 valence electrons. The fraction of sp³-hybridized carbons (Fsp3) is 0.0714. The van der Waals surface area contributed by atoms with Gasteiger partial charge in [-0.25, -0.2) is 8.42 Å². The highest BCUT2D eigenvalue weighted by Crippen LogP contribution is 2.25. The minimum Gasteiger partial charge on any atom is -0.280 e. The third kappa shape index (κ3) is 2.86. The number of nitro benzene ring substituents is 1. The molecule has 0 aliphatic rings. The minimum absolute atomic E-state index is 0.167.